The molecule has 1 aromatic carbocycles. The molecule has 0 aliphatic carbocycles. The number of rotatable bonds is 5. The van der Waals surface area contributed by atoms with Crippen molar-refractivity contribution in [3.63, 3.8) is 0 Å². The molecular weight excluding hydrogens is 317 g/mol. The van der Waals surface area contributed by atoms with Crippen molar-refractivity contribution in [1.29, 1.82) is 0 Å². The molecule has 0 bridgehead atoms. The van der Waals surface area contributed by atoms with Gasteiger partial charge in [-0.25, -0.2) is 4.79 Å². The van der Waals surface area contributed by atoms with Crippen LogP contribution in [-0.4, -0.2) is 41.1 Å². The molecule has 1 unspecified atom stereocenters. The molecule has 1 atom stereocenters. The van der Waals surface area contributed by atoms with Crippen molar-refractivity contribution in [3.05, 3.63) is 28.2 Å². The summed E-state index contributed by atoms with van der Waals surface area (Å²) in [7, 11) is 0. The van der Waals surface area contributed by atoms with E-state index in [1.807, 2.05) is 0 Å². The Morgan fingerprint density at radius 1 is 1.33 bits per heavy atom. The van der Waals surface area contributed by atoms with Gasteiger partial charge in [-0.15, -0.1) is 0 Å². The second kappa shape index (κ2) is 7.00. The van der Waals surface area contributed by atoms with Gasteiger partial charge in [-0.2, -0.15) is 0 Å². The van der Waals surface area contributed by atoms with Crippen LogP contribution in [-0.2, 0) is 9.59 Å². The van der Waals surface area contributed by atoms with Crippen molar-refractivity contribution >= 4 is 35.1 Å². The van der Waals surface area contributed by atoms with Gasteiger partial charge in [-0.05, 0) is 25.0 Å². The third kappa shape index (κ3) is 4.02. The lowest BCUT2D eigenvalue weighted by Gasteiger charge is -2.21. The van der Waals surface area contributed by atoms with Crippen molar-refractivity contribution in [2.24, 2.45) is 0 Å². The molecule has 1 N–H and O–H groups in total. The molecule has 1 saturated heterocycles. The monoisotopic (exact) mass is 331 g/mol. The third-order valence-electron chi connectivity index (χ3n) is 3.33. The van der Waals surface area contributed by atoms with Gasteiger partial charge in [-0.1, -0.05) is 23.2 Å². The molecule has 114 valence electrons. The van der Waals surface area contributed by atoms with E-state index in [2.05, 4.69) is 0 Å². The number of likely N-dealkylation sites (tertiary alicyclic amines) is 1. The third-order valence-corrected chi connectivity index (χ3v) is 4.07. The highest BCUT2D eigenvalue weighted by molar-refractivity contribution is 6.42. The normalized spacial score (nSPS) is 17.8. The van der Waals surface area contributed by atoms with Gasteiger partial charge in [0, 0.05) is 12.6 Å². The number of benzene rings is 1. The predicted octanol–water partition coefficient (Wildman–Crippen LogP) is 2.84. The number of nitrogens with zero attached hydrogens (tertiary/aromatic N) is 1. The van der Waals surface area contributed by atoms with Gasteiger partial charge in [0.2, 0.25) is 5.91 Å². The Morgan fingerprint density at radius 3 is 2.76 bits per heavy atom. The van der Waals surface area contributed by atoms with Gasteiger partial charge in [0.15, 0.2) is 0 Å². The Morgan fingerprint density at radius 2 is 2.10 bits per heavy atom. The van der Waals surface area contributed by atoms with E-state index in [0.717, 1.165) is 6.42 Å². The summed E-state index contributed by atoms with van der Waals surface area (Å²) in [5, 5.41) is 9.85. The van der Waals surface area contributed by atoms with Crippen molar-refractivity contribution in [2.45, 2.75) is 25.3 Å². The van der Waals surface area contributed by atoms with E-state index < -0.39 is 12.0 Å². The Hall–Kier alpha value is -1.46. The zero-order valence-corrected chi connectivity index (χ0v) is 12.7. The standard InChI is InChI=1S/C14H15Cl2NO4/c15-10-4-3-9(8-11(10)16)21-7-5-13(18)17-6-1-2-12(17)14(19)20/h3-4,8,12H,1-2,5-7H2,(H,19,20). The first-order valence-corrected chi connectivity index (χ1v) is 7.35. The van der Waals surface area contributed by atoms with Crippen LogP contribution < -0.4 is 4.74 Å². The van der Waals surface area contributed by atoms with E-state index in [1.165, 1.54) is 4.90 Å². The fraction of sp³-hybridized carbons (Fsp3) is 0.429. The molecule has 5 nitrogen and oxygen atoms in total. The molecule has 0 radical (unpaired) electrons. The van der Waals surface area contributed by atoms with Gasteiger partial charge in [0.05, 0.1) is 23.1 Å². The number of ether oxygens (including phenoxy) is 1. The van der Waals surface area contributed by atoms with Crippen LogP contribution in [0.5, 0.6) is 5.75 Å². The molecule has 0 saturated carbocycles. The average Bonchev–Trinajstić information content (AvgIpc) is 2.92. The van der Waals surface area contributed by atoms with Crippen LogP contribution in [0.1, 0.15) is 19.3 Å². The Balaban J connectivity index is 1.84. The van der Waals surface area contributed by atoms with Crippen LogP contribution in [0.2, 0.25) is 10.0 Å². The summed E-state index contributed by atoms with van der Waals surface area (Å²) < 4.78 is 5.43. The van der Waals surface area contributed by atoms with Crippen LogP contribution in [0.4, 0.5) is 0 Å². The fourth-order valence-electron chi connectivity index (χ4n) is 2.29. The number of hydrogen-bond donors (Lipinski definition) is 1. The predicted molar refractivity (Wildman–Crippen MR) is 78.9 cm³/mol. The second-order valence-corrected chi connectivity index (χ2v) is 5.57. The maximum atomic E-state index is 12.0. The minimum atomic E-state index is -0.953. The van der Waals surface area contributed by atoms with Crippen LogP contribution in [0.3, 0.4) is 0 Å². The van der Waals surface area contributed by atoms with Crippen LogP contribution in [0.15, 0.2) is 18.2 Å². The molecular formula is C14H15Cl2NO4. The lowest BCUT2D eigenvalue weighted by atomic mass is 10.2. The maximum absolute atomic E-state index is 12.0. The molecule has 1 aromatic rings. The minimum Gasteiger partial charge on any atom is -0.493 e. The molecule has 7 heteroatoms. The number of carboxylic acid groups (broad SMARTS) is 1. The Labute approximate surface area is 132 Å². The quantitative estimate of drug-likeness (QED) is 0.900. The number of halogens is 2. The molecule has 21 heavy (non-hydrogen) atoms. The summed E-state index contributed by atoms with van der Waals surface area (Å²) in [5.74, 6) is -0.639. The molecule has 1 aliphatic heterocycles. The topological polar surface area (TPSA) is 66.8 Å². The first-order valence-electron chi connectivity index (χ1n) is 6.59. The molecule has 2 rings (SSSR count). The molecule has 1 fully saturated rings. The molecule has 1 heterocycles. The van der Waals surface area contributed by atoms with E-state index in [4.69, 9.17) is 33.0 Å². The summed E-state index contributed by atoms with van der Waals surface area (Å²) in [4.78, 5) is 24.4. The highest BCUT2D eigenvalue weighted by atomic mass is 35.5. The smallest absolute Gasteiger partial charge is 0.326 e. The minimum absolute atomic E-state index is 0.129. The fourth-order valence-corrected chi connectivity index (χ4v) is 2.58. The number of amides is 1. The number of aliphatic carboxylic acids is 1. The van der Waals surface area contributed by atoms with E-state index in [9.17, 15) is 9.59 Å². The number of carbonyl (C=O) groups excluding carboxylic acids is 1. The number of hydrogen-bond acceptors (Lipinski definition) is 3. The van der Waals surface area contributed by atoms with Crippen molar-refractivity contribution in [1.82, 2.24) is 4.90 Å². The highest BCUT2D eigenvalue weighted by Gasteiger charge is 2.33. The van der Waals surface area contributed by atoms with Gasteiger partial charge in [0.25, 0.3) is 0 Å². The summed E-state index contributed by atoms with van der Waals surface area (Å²) in [5.41, 5.74) is 0. The van der Waals surface area contributed by atoms with E-state index in [-0.39, 0.29) is 18.9 Å². The summed E-state index contributed by atoms with van der Waals surface area (Å²) >= 11 is 11.7. The van der Waals surface area contributed by atoms with Crippen LogP contribution in [0, 0.1) is 0 Å². The van der Waals surface area contributed by atoms with Crippen molar-refractivity contribution < 1.29 is 19.4 Å². The highest BCUT2D eigenvalue weighted by Crippen LogP contribution is 2.26. The zero-order chi connectivity index (χ0) is 15.4. The first-order chi connectivity index (χ1) is 9.99. The molecule has 0 aromatic heterocycles. The van der Waals surface area contributed by atoms with Crippen LogP contribution >= 0.6 is 23.2 Å². The van der Waals surface area contributed by atoms with Gasteiger partial charge in [-0.3, -0.25) is 4.79 Å². The zero-order valence-electron chi connectivity index (χ0n) is 11.2. The largest absolute Gasteiger partial charge is 0.493 e. The Bertz CT molecular complexity index is 550. The second-order valence-electron chi connectivity index (χ2n) is 4.76. The SMILES string of the molecule is O=C(O)C1CCCN1C(=O)CCOc1ccc(Cl)c(Cl)c1. The van der Waals surface area contributed by atoms with Gasteiger partial charge < -0.3 is 14.7 Å². The molecule has 1 aliphatic rings. The summed E-state index contributed by atoms with van der Waals surface area (Å²) in [6.45, 7) is 0.655. The number of carboxylic acids is 1. The van der Waals surface area contributed by atoms with E-state index in [0.29, 0.717) is 28.8 Å². The van der Waals surface area contributed by atoms with Crippen molar-refractivity contribution in [2.75, 3.05) is 13.2 Å². The van der Waals surface area contributed by atoms with E-state index in [1.54, 1.807) is 18.2 Å². The molecule has 1 amide bonds. The first kappa shape index (κ1) is 15.9. The lowest BCUT2D eigenvalue weighted by molar-refractivity contribution is -0.148. The number of carbonyl (C=O) groups is 2. The van der Waals surface area contributed by atoms with E-state index >= 15 is 0 Å². The van der Waals surface area contributed by atoms with Gasteiger partial charge >= 0.3 is 5.97 Å². The summed E-state index contributed by atoms with van der Waals surface area (Å²) in [6, 6.07) is 4.14. The summed E-state index contributed by atoms with van der Waals surface area (Å²) in [6.07, 6.45) is 1.36. The van der Waals surface area contributed by atoms with Crippen LogP contribution in [0.25, 0.3) is 0 Å². The van der Waals surface area contributed by atoms with Gasteiger partial charge in [0.1, 0.15) is 11.8 Å². The molecule has 0 spiro atoms. The van der Waals surface area contributed by atoms with Crippen molar-refractivity contribution in [3.8, 4) is 5.75 Å². The lowest BCUT2D eigenvalue weighted by Crippen LogP contribution is -2.40. The maximum Gasteiger partial charge on any atom is 0.326 e. The average molecular weight is 332 g/mol. The Kier molecular flexibility index (Phi) is 5.31.